The van der Waals surface area contributed by atoms with E-state index in [1.54, 1.807) is 0 Å². The summed E-state index contributed by atoms with van der Waals surface area (Å²) in [5.41, 5.74) is 0. The molecule has 0 spiro atoms. The molecule has 0 aliphatic carbocycles. The SMILES string of the molecule is CN1CCN(c2cccc(Br)n2)CC1. The molecule has 1 aliphatic rings. The molecule has 1 aromatic heterocycles. The highest BCUT2D eigenvalue weighted by Gasteiger charge is 2.14. The highest BCUT2D eigenvalue weighted by molar-refractivity contribution is 9.10. The summed E-state index contributed by atoms with van der Waals surface area (Å²) in [6, 6.07) is 6.06. The van der Waals surface area contributed by atoms with Crippen LogP contribution in [0.5, 0.6) is 0 Å². The van der Waals surface area contributed by atoms with E-state index in [1.165, 1.54) is 0 Å². The molecule has 76 valence electrons. The zero-order valence-corrected chi connectivity index (χ0v) is 9.87. The van der Waals surface area contributed by atoms with Crippen LogP contribution in [0, 0.1) is 0 Å². The summed E-state index contributed by atoms with van der Waals surface area (Å²) in [6.45, 7) is 4.38. The van der Waals surface area contributed by atoms with Crippen LogP contribution < -0.4 is 4.90 Å². The third-order valence-electron chi connectivity index (χ3n) is 2.53. The van der Waals surface area contributed by atoms with Gasteiger partial charge in [0.1, 0.15) is 10.4 Å². The molecule has 0 unspecified atom stereocenters. The number of pyridine rings is 1. The predicted molar refractivity (Wildman–Crippen MR) is 61.6 cm³/mol. The van der Waals surface area contributed by atoms with Crippen LogP contribution in [0.4, 0.5) is 5.82 Å². The Kier molecular flexibility index (Phi) is 3.03. The van der Waals surface area contributed by atoms with Crippen molar-refractivity contribution in [1.82, 2.24) is 9.88 Å². The number of hydrogen-bond acceptors (Lipinski definition) is 3. The maximum Gasteiger partial charge on any atom is 0.129 e. The minimum Gasteiger partial charge on any atom is -0.354 e. The Labute approximate surface area is 92.9 Å². The van der Waals surface area contributed by atoms with Crippen LogP contribution in [0.2, 0.25) is 0 Å². The van der Waals surface area contributed by atoms with Crippen LogP contribution in [-0.2, 0) is 0 Å². The van der Waals surface area contributed by atoms with Gasteiger partial charge in [-0.1, -0.05) is 6.07 Å². The second-order valence-corrected chi connectivity index (χ2v) is 4.42. The normalized spacial score (nSPS) is 18.6. The van der Waals surface area contributed by atoms with E-state index in [0.717, 1.165) is 36.6 Å². The van der Waals surface area contributed by atoms with Crippen molar-refractivity contribution in [3.8, 4) is 0 Å². The maximum absolute atomic E-state index is 4.45. The molecule has 2 heterocycles. The van der Waals surface area contributed by atoms with Crippen LogP contribution >= 0.6 is 15.9 Å². The fraction of sp³-hybridized carbons (Fsp3) is 0.500. The van der Waals surface area contributed by atoms with Crippen molar-refractivity contribution >= 4 is 21.7 Å². The molecule has 14 heavy (non-hydrogen) atoms. The van der Waals surface area contributed by atoms with Gasteiger partial charge in [-0.15, -0.1) is 0 Å². The zero-order chi connectivity index (χ0) is 9.97. The fourth-order valence-corrected chi connectivity index (χ4v) is 1.94. The van der Waals surface area contributed by atoms with Crippen molar-refractivity contribution in [3.05, 3.63) is 22.8 Å². The summed E-state index contributed by atoms with van der Waals surface area (Å²) >= 11 is 3.39. The number of halogens is 1. The van der Waals surface area contributed by atoms with Crippen LogP contribution in [0.1, 0.15) is 0 Å². The van der Waals surface area contributed by atoms with Crippen molar-refractivity contribution < 1.29 is 0 Å². The van der Waals surface area contributed by atoms with E-state index in [4.69, 9.17) is 0 Å². The Morgan fingerprint density at radius 3 is 2.57 bits per heavy atom. The molecule has 0 radical (unpaired) electrons. The Bertz CT molecular complexity index is 308. The quantitative estimate of drug-likeness (QED) is 0.711. The van der Waals surface area contributed by atoms with Crippen molar-refractivity contribution in [2.24, 2.45) is 0 Å². The molecule has 0 aromatic carbocycles. The van der Waals surface area contributed by atoms with Crippen molar-refractivity contribution in [3.63, 3.8) is 0 Å². The molecule has 0 N–H and O–H groups in total. The number of likely N-dealkylation sites (N-methyl/N-ethyl adjacent to an activating group) is 1. The van der Waals surface area contributed by atoms with Gasteiger partial charge in [0, 0.05) is 26.2 Å². The molecule has 1 saturated heterocycles. The smallest absolute Gasteiger partial charge is 0.129 e. The molecule has 2 rings (SSSR count). The van der Waals surface area contributed by atoms with Gasteiger partial charge in [0.2, 0.25) is 0 Å². The summed E-state index contributed by atoms with van der Waals surface area (Å²) in [5, 5.41) is 0. The lowest BCUT2D eigenvalue weighted by Crippen LogP contribution is -2.44. The highest BCUT2D eigenvalue weighted by Crippen LogP contribution is 2.16. The number of nitrogens with zero attached hydrogens (tertiary/aromatic N) is 3. The Balaban J connectivity index is 2.08. The number of rotatable bonds is 1. The highest BCUT2D eigenvalue weighted by atomic mass is 79.9. The summed E-state index contributed by atoms with van der Waals surface area (Å²) in [5.74, 6) is 1.08. The van der Waals surface area contributed by atoms with Gasteiger partial charge in [-0.05, 0) is 35.1 Å². The Morgan fingerprint density at radius 2 is 1.93 bits per heavy atom. The standard InChI is InChI=1S/C10H14BrN3/c1-13-5-7-14(8-6-13)10-4-2-3-9(11)12-10/h2-4H,5-8H2,1H3. The van der Waals surface area contributed by atoms with Crippen LogP contribution in [0.25, 0.3) is 0 Å². The summed E-state index contributed by atoms with van der Waals surface area (Å²) < 4.78 is 0.911. The topological polar surface area (TPSA) is 19.4 Å². The molecule has 0 saturated carbocycles. The third-order valence-corrected chi connectivity index (χ3v) is 2.97. The second kappa shape index (κ2) is 4.28. The van der Waals surface area contributed by atoms with E-state index >= 15 is 0 Å². The van der Waals surface area contributed by atoms with Gasteiger partial charge in [0.15, 0.2) is 0 Å². The Morgan fingerprint density at radius 1 is 1.21 bits per heavy atom. The summed E-state index contributed by atoms with van der Waals surface area (Å²) in [7, 11) is 2.16. The van der Waals surface area contributed by atoms with Gasteiger partial charge < -0.3 is 9.80 Å². The summed E-state index contributed by atoms with van der Waals surface area (Å²) in [4.78, 5) is 9.11. The van der Waals surface area contributed by atoms with E-state index < -0.39 is 0 Å². The first-order valence-corrected chi connectivity index (χ1v) is 5.61. The molecule has 0 amide bonds. The van der Waals surface area contributed by atoms with Crippen LogP contribution in [-0.4, -0.2) is 43.1 Å². The fourth-order valence-electron chi connectivity index (χ4n) is 1.61. The van der Waals surface area contributed by atoms with Gasteiger partial charge in [-0.3, -0.25) is 0 Å². The van der Waals surface area contributed by atoms with Gasteiger partial charge >= 0.3 is 0 Å². The van der Waals surface area contributed by atoms with Crippen LogP contribution in [0.3, 0.4) is 0 Å². The van der Waals surface area contributed by atoms with E-state index in [0.29, 0.717) is 0 Å². The molecule has 1 aromatic rings. The largest absolute Gasteiger partial charge is 0.354 e. The molecular formula is C10H14BrN3. The molecule has 3 nitrogen and oxygen atoms in total. The van der Waals surface area contributed by atoms with Crippen LogP contribution in [0.15, 0.2) is 22.8 Å². The lowest BCUT2D eigenvalue weighted by Gasteiger charge is -2.33. The van der Waals surface area contributed by atoms with E-state index in [1.807, 2.05) is 12.1 Å². The molecule has 1 aliphatic heterocycles. The predicted octanol–water partition coefficient (Wildman–Crippen LogP) is 1.60. The first-order chi connectivity index (χ1) is 6.75. The molecule has 0 bridgehead atoms. The zero-order valence-electron chi connectivity index (χ0n) is 8.28. The third kappa shape index (κ3) is 2.25. The first kappa shape index (κ1) is 9.93. The molecule has 1 fully saturated rings. The molecule has 0 atom stereocenters. The second-order valence-electron chi connectivity index (χ2n) is 3.61. The average molecular weight is 256 g/mol. The van der Waals surface area contributed by atoms with E-state index in [9.17, 15) is 0 Å². The lowest BCUT2D eigenvalue weighted by atomic mass is 10.3. The molecular weight excluding hydrogens is 242 g/mol. The number of hydrogen-bond donors (Lipinski definition) is 0. The minimum atomic E-state index is 0.911. The lowest BCUT2D eigenvalue weighted by molar-refractivity contribution is 0.312. The monoisotopic (exact) mass is 255 g/mol. The number of piperazine rings is 1. The molecule has 4 heteroatoms. The van der Waals surface area contributed by atoms with Gasteiger partial charge in [-0.25, -0.2) is 4.98 Å². The summed E-state index contributed by atoms with van der Waals surface area (Å²) in [6.07, 6.45) is 0. The van der Waals surface area contributed by atoms with Crippen molar-refractivity contribution in [2.75, 3.05) is 38.1 Å². The Hall–Kier alpha value is -0.610. The van der Waals surface area contributed by atoms with Gasteiger partial charge in [-0.2, -0.15) is 0 Å². The van der Waals surface area contributed by atoms with E-state index in [-0.39, 0.29) is 0 Å². The van der Waals surface area contributed by atoms with Gasteiger partial charge in [0.25, 0.3) is 0 Å². The average Bonchev–Trinajstić information content (AvgIpc) is 2.19. The van der Waals surface area contributed by atoms with Crippen molar-refractivity contribution in [2.45, 2.75) is 0 Å². The van der Waals surface area contributed by atoms with Crippen molar-refractivity contribution in [1.29, 1.82) is 0 Å². The minimum absolute atomic E-state index is 0.911. The number of aromatic nitrogens is 1. The van der Waals surface area contributed by atoms with Gasteiger partial charge in [0.05, 0.1) is 0 Å². The maximum atomic E-state index is 4.45. The first-order valence-electron chi connectivity index (χ1n) is 4.82. The van der Waals surface area contributed by atoms with E-state index in [2.05, 4.69) is 43.8 Å². The number of anilines is 1.